The molecule has 0 radical (unpaired) electrons. The van der Waals surface area contributed by atoms with Crippen LogP contribution in [0.2, 0.25) is 0 Å². The van der Waals surface area contributed by atoms with E-state index < -0.39 is 0 Å². The first-order chi connectivity index (χ1) is 14.2. The van der Waals surface area contributed by atoms with Gasteiger partial charge in [-0.05, 0) is 41.3 Å². The zero-order valence-corrected chi connectivity index (χ0v) is 16.9. The van der Waals surface area contributed by atoms with Gasteiger partial charge >= 0.3 is 0 Å². The van der Waals surface area contributed by atoms with Crippen molar-refractivity contribution >= 4 is 5.91 Å². The molecule has 0 saturated heterocycles. The molecule has 29 heavy (non-hydrogen) atoms. The first kappa shape index (κ1) is 20.3. The van der Waals surface area contributed by atoms with Crippen molar-refractivity contribution in [3.63, 3.8) is 0 Å². The molecule has 5 heteroatoms. The Balaban J connectivity index is 1.76. The van der Waals surface area contributed by atoms with Gasteiger partial charge in [-0.2, -0.15) is 0 Å². The van der Waals surface area contributed by atoms with Crippen molar-refractivity contribution in [3.05, 3.63) is 89.0 Å². The Labute approximate surface area is 171 Å². The lowest BCUT2D eigenvalue weighted by Crippen LogP contribution is -2.24. The number of nitrogens with one attached hydrogen (secondary N) is 1. The van der Waals surface area contributed by atoms with Gasteiger partial charge in [0.05, 0.1) is 21.3 Å². The maximum absolute atomic E-state index is 12.9. The van der Waals surface area contributed by atoms with Gasteiger partial charge in [-0.25, -0.2) is 0 Å². The Morgan fingerprint density at radius 1 is 0.793 bits per heavy atom. The minimum atomic E-state index is -0.120. The molecule has 0 spiro atoms. The molecule has 0 aliphatic carbocycles. The zero-order chi connectivity index (χ0) is 20.6. The summed E-state index contributed by atoms with van der Waals surface area (Å²) in [7, 11) is 4.70. The molecule has 3 aromatic carbocycles. The van der Waals surface area contributed by atoms with Crippen molar-refractivity contribution in [2.75, 3.05) is 21.3 Å². The first-order valence-corrected chi connectivity index (χ1v) is 9.35. The van der Waals surface area contributed by atoms with Gasteiger partial charge in [0.25, 0.3) is 5.91 Å². The summed E-state index contributed by atoms with van der Waals surface area (Å²) in [6, 6.07) is 21.4. The molecule has 1 amide bonds. The Morgan fingerprint density at radius 2 is 1.41 bits per heavy atom. The summed E-state index contributed by atoms with van der Waals surface area (Å²) in [5, 5.41) is 2.99. The smallest absolute Gasteiger partial charge is 0.251 e. The maximum Gasteiger partial charge on any atom is 0.251 e. The van der Waals surface area contributed by atoms with E-state index in [1.165, 1.54) is 0 Å². The van der Waals surface area contributed by atoms with E-state index in [0.29, 0.717) is 35.8 Å². The summed E-state index contributed by atoms with van der Waals surface area (Å²) < 4.78 is 16.1. The molecule has 0 bridgehead atoms. The molecular weight excluding hydrogens is 366 g/mol. The van der Waals surface area contributed by atoms with Crippen molar-refractivity contribution in [1.29, 1.82) is 0 Å². The van der Waals surface area contributed by atoms with Crippen molar-refractivity contribution in [2.45, 2.75) is 13.0 Å². The van der Waals surface area contributed by atoms with Crippen LogP contribution in [0.3, 0.4) is 0 Å². The fourth-order valence-corrected chi connectivity index (χ4v) is 3.23. The van der Waals surface area contributed by atoms with Crippen LogP contribution in [0.1, 0.15) is 27.0 Å². The van der Waals surface area contributed by atoms with E-state index in [4.69, 9.17) is 14.2 Å². The third-order valence-electron chi connectivity index (χ3n) is 4.68. The molecule has 1 N–H and O–H groups in total. The summed E-state index contributed by atoms with van der Waals surface area (Å²) in [4.78, 5) is 12.9. The molecule has 0 unspecified atom stereocenters. The Hall–Kier alpha value is -3.47. The van der Waals surface area contributed by atoms with Crippen LogP contribution in [0.25, 0.3) is 0 Å². The molecule has 0 fully saturated rings. The number of amides is 1. The number of rotatable bonds is 8. The normalized spacial score (nSPS) is 10.3. The predicted octanol–water partition coefficient (Wildman–Crippen LogP) is 4.23. The van der Waals surface area contributed by atoms with Gasteiger partial charge in [0.15, 0.2) is 11.5 Å². The fraction of sp³-hybridized carbons (Fsp3) is 0.208. The summed E-state index contributed by atoms with van der Waals surface area (Å²) in [5.41, 5.74) is 3.68. The molecular formula is C24H25NO4. The van der Waals surface area contributed by atoms with E-state index in [0.717, 1.165) is 16.7 Å². The quantitative estimate of drug-likeness (QED) is 0.624. The van der Waals surface area contributed by atoms with E-state index in [2.05, 4.69) is 17.4 Å². The number of benzene rings is 3. The molecule has 0 heterocycles. The highest BCUT2D eigenvalue weighted by Gasteiger charge is 2.15. The molecule has 0 aliphatic heterocycles. The van der Waals surface area contributed by atoms with Crippen LogP contribution >= 0.6 is 0 Å². The second-order valence-electron chi connectivity index (χ2n) is 6.54. The van der Waals surface area contributed by atoms with E-state index >= 15 is 0 Å². The van der Waals surface area contributed by atoms with Crippen LogP contribution in [0.4, 0.5) is 0 Å². The molecule has 3 aromatic rings. The molecule has 3 rings (SSSR count). The van der Waals surface area contributed by atoms with Gasteiger partial charge in [0.2, 0.25) is 5.75 Å². The molecule has 5 nitrogen and oxygen atoms in total. The number of hydrogen-bond acceptors (Lipinski definition) is 4. The van der Waals surface area contributed by atoms with Crippen molar-refractivity contribution in [3.8, 4) is 17.2 Å². The summed E-state index contributed by atoms with van der Waals surface area (Å²) in [6.07, 6.45) is 0.703. The van der Waals surface area contributed by atoms with Crippen LogP contribution < -0.4 is 19.5 Å². The highest BCUT2D eigenvalue weighted by atomic mass is 16.5. The third-order valence-corrected chi connectivity index (χ3v) is 4.68. The van der Waals surface area contributed by atoms with Gasteiger partial charge in [-0.15, -0.1) is 0 Å². The highest BCUT2D eigenvalue weighted by molar-refractivity contribution is 5.95. The molecule has 0 aliphatic rings. The number of hydrogen-bond donors (Lipinski definition) is 1. The minimum Gasteiger partial charge on any atom is -0.493 e. The van der Waals surface area contributed by atoms with Gasteiger partial charge in [0.1, 0.15) is 0 Å². The zero-order valence-electron chi connectivity index (χ0n) is 16.9. The van der Waals surface area contributed by atoms with Crippen LogP contribution in [0.5, 0.6) is 17.2 Å². The van der Waals surface area contributed by atoms with Crippen molar-refractivity contribution in [1.82, 2.24) is 5.32 Å². The highest BCUT2D eigenvalue weighted by Crippen LogP contribution is 2.38. The van der Waals surface area contributed by atoms with Gasteiger partial charge in [-0.1, -0.05) is 48.5 Å². The SMILES string of the molecule is COc1cc(CNC(=O)c2ccccc2Cc2ccccc2)cc(OC)c1OC. The van der Waals surface area contributed by atoms with Crippen LogP contribution in [0, 0.1) is 0 Å². The van der Waals surface area contributed by atoms with Crippen molar-refractivity contribution in [2.24, 2.45) is 0 Å². The van der Waals surface area contributed by atoms with E-state index in [1.807, 2.05) is 54.6 Å². The van der Waals surface area contributed by atoms with E-state index in [-0.39, 0.29) is 5.91 Å². The first-order valence-electron chi connectivity index (χ1n) is 9.35. The summed E-state index contributed by atoms with van der Waals surface area (Å²) in [5.74, 6) is 1.52. The van der Waals surface area contributed by atoms with Crippen LogP contribution in [-0.4, -0.2) is 27.2 Å². The molecule has 0 atom stereocenters. The largest absolute Gasteiger partial charge is 0.493 e. The van der Waals surface area contributed by atoms with E-state index in [1.54, 1.807) is 21.3 Å². The molecule has 0 aromatic heterocycles. The van der Waals surface area contributed by atoms with Crippen LogP contribution in [-0.2, 0) is 13.0 Å². The number of carbonyl (C=O) groups is 1. The number of carbonyl (C=O) groups excluding carboxylic acids is 1. The number of methoxy groups -OCH3 is 3. The Bertz CT molecular complexity index is 945. The number of ether oxygens (including phenoxy) is 3. The topological polar surface area (TPSA) is 56.8 Å². The molecule has 150 valence electrons. The third kappa shape index (κ3) is 4.88. The fourth-order valence-electron chi connectivity index (χ4n) is 3.23. The van der Waals surface area contributed by atoms with Crippen molar-refractivity contribution < 1.29 is 19.0 Å². The van der Waals surface area contributed by atoms with Gasteiger partial charge < -0.3 is 19.5 Å². The van der Waals surface area contributed by atoms with Gasteiger partial charge in [-0.3, -0.25) is 4.79 Å². The second kappa shape index (κ2) is 9.64. The van der Waals surface area contributed by atoms with Crippen LogP contribution in [0.15, 0.2) is 66.7 Å². The Kier molecular flexibility index (Phi) is 6.74. The van der Waals surface area contributed by atoms with E-state index in [9.17, 15) is 4.79 Å². The predicted molar refractivity (Wildman–Crippen MR) is 113 cm³/mol. The average molecular weight is 391 g/mol. The second-order valence-corrected chi connectivity index (χ2v) is 6.54. The lowest BCUT2D eigenvalue weighted by atomic mass is 9.99. The van der Waals surface area contributed by atoms with Gasteiger partial charge in [0, 0.05) is 12.1 Å². The standard InChI is InChI=1S/C24H25NO4/c1-27-21-14-18(15-22(28-2)23(21)29-3)16-25-24(26)20-12-8-7-11-19(20)13-17-9-5-4-6-10-17/h4-12,14-15H,13,16H2,1-3H3,(H,25,26). The Morgan fingerprint density at radius 3 is 2.03 bits per heavy atom. The minimum absolute atomic E-state index is 0.120. The molecule has 0 saturated carbocycles. The summed E-state index contributed by atoms with van der Waals surface area (Å²) >= 11 is 0. The summed E-state index contributed by atoms with van der Waals surface area (Å²) in [6.45, 7) is 0.342. The lowest BCUT2D eigenvalue weighted by molar-refractivity contribution is 0.0950. The lowest BCUT2D eigenvalue weighted by Gasteiger charge is -2.15. The average Bonchev–Trinajstić information content (AvgIpc) is 2.77. The maximum atomic E-state index is 12.9. The monoisotopic (exact) mass is 391 g/mol.